The smallest absolute Gasteiger partial charge is 0.243 e. The highest BCUT2D eigenvalue weighted by molar-refractivity contribution is 7.89. The topological polar surface area (TPSA) is 63.4 Å². The summed E-state index contributed by atoms with van der Waals surface area (Å²) in [5, 5.41) is 0.376. The van der Waals surface area contributed by atoms with Crippen molar-refractivity contribution in [3.8, 4) is 0 Å². The highest BCUT2D eigenvalue weighted by atomic mass is 35.5. The van der Waals surface area contributed by atoms with Crippen LogP contribution in [0.15, 0.2) is 23.1 Å². The number of nitrogens with zero attached hydrogens (tertiary/aromatic N) is 1. The average molecular weight is 317 g/mol. The maximum Gasteiger partial charge on any atom is 0.243 e. The number of benzene rings is 1. The Labute approximate surface area is 126 Å². The van der Waals surface area contributed by atoms with Crippen molar-refractivity contribution < 1.29 is 8.42 Å². The van der Waals surface area contributed by atoms with Crippen LogP contribution in [0.4, 0.5) is 5.69 Å². The van der Waals surface area contributed by atoms with Crippen molar-refractivity contribution >= 4 is 27.3 Å². The Morgan fingerprint density at radius 3 is 2.45 bits per heavy atom. The first-order chi connectivity index (χ1) is 9.28. The van der Waals surface area contributed by atoms with E-state index in [1.165, 1.54) is 18.2 Å². The number of halogens is 1. The summed E-state index contributed by atoms with van der Waals surface area (Å²) in [4.78, 5) is 0.222. The van der Waals surface area contributed by atoms with Gasteiger partial charge >= 0.3 is 0 Å². The van der Waals surface area contributed by atoms with Gasteiger partial charge in [0, 0.05) is 13.1 Å². The fourth-order valence-corrected chi connectivity index (χ4v) is 4.05. The lowest BCUT2D eigenvalue weighted by molar-refractivity contribution is 0.169. The SMILES string of the molecule is CCC1(C)CCN(S(=O)(=O)c2ccc(Cl)c(N)c2)CC1. The summed E-state index contributed by atoms with van der Waals surface area (Å²) in [6, 6.07) is 4.48. The van der Waals surface area contributed by atoms with E-state index >= 15 is 0 Å². The lowest BCUT2D eigenvalue weighted by Gasteiger charge is -2.38. The molecule has 2 N–H and O–H groups in total. The number of anilines is 1. The monoisotopic (exact) mass is 316 g/mol. The minimum Gasteiger partial charge on any atom is -0.397 e. The third kappa shape index (κ3) is 2.95. The van der Waals surface area contributed by atoms with Crippen molar-refractivity contribution in [3.05, 3.63) is 23.2 Å². The quantitative estimate of drug-likeness (QED) is 0.871. The summed E-state index contributed by atoms with van der Waals surface area (Å²) >= 11 is 5.84. The van der Waals surface area contributed by atoms with E-state index in [4.69, 9.17) is 17.3 Å². The summed E-state index contributed by atoms with van der Waals surface area (Å²) in [6.45, 7) is 5.51. The Kier molecular flexibility index (Phi) is 4.33. The highest BCUT2D eigenvalue weighted by Crippen LogP contribution is 2.36. The molecule has 0 unspecified atom stereocenters. The van der Waals surface area contributed by atoms with Gasteiger partial charge in [0.05, 0.1) is 15.6 Å². The van der Waals surface area contributed by atoms with Crippen molar-refractivity contribution in [2.75, 3.05) is 18.8 Å². The molecular weight excluding hydrogens is 296 g/mol. The van der Waals surface area contributed by atoms with Gasteiger partial charge in [0.15, 0.2) is 0 Å². The number of hydrogen-bond donors (Lipinski definition) is 1. The molecule has 112 valence electrons. The van der Waals surface area contributed by atoms with Crippen LogP contribution in [0.1, 0.15) is 33.1 Å². The molecule has 1 saturated heterocycles. The standard InChI is InChI=1S/C14H21ClN2O2S/c1-3-14(2)6-8-17(9-7-14)20(18,19)11-4-5-12(15)13(16)10-11/h4-5,10H,3,6-9,16H2,1-2H3. The Balaban J connectivity index is 2.22. The molecular formula is C14H21ClN2O2S. The number of hydrogen-bond acceptors (Lipinski definition) is 3. The van der Waals surface area contributed by atoms with Gasteiger partial charge in [0.25, 0.3) is 0 Å². The van der Waals surface area contributed by atoms with Gasteiger partial charge in [-0.2, -0.15) is 4.31 Å². The average Bonchev–Trinajstić information content (AvgIpc) is 2.42. The van der Waals surface area contributed by atoms with E-state index in [9.17, 15) is 8.42 Å². The minimum atomic E-state index is -3.47. The normalized spacial score (nSPS) is 19.9. The van der Waals surface area contributed by atoms with Crippen LogP contribution in [0.5, 0.6) is 0 Å². The first-order valence-corrected chi connectivity index (χ1v) is 8.65. The molecule has 0 saturated carbocycles. The van der Waals surface area contributed by atoms with Gasteiger partial charge in [-0.3, -0.25) is 0 Å². The van der Waals surface area contributed by atoms with Gasteiger partial charge in [-0.1, -0.05) is 31.9 Å². The third-order valence-electron chi connectivity index (χ3n) is 4.39. The molecule has 6 heteroatoms. The first kappa shape index (κ1) is 15.6. The zero-order valence-corrected chi connectivity index (χ0v) is 13.5. The summed E-state index contributed by atoms with van der Waals surface area (Å²) in [5.41, 5.74) is 6.25. The zero-order chi connectivity index (χ0) is 15.0. The Bertz CT molecular complexity index is 593. The third-order valence-corrected chi connectivity index (χ3v) is 6.63. The van der Waals surface area contributed by atoms with E-state index in [-0.39, 0.29) is 10.3 Å². The van der Waals surface area contributed by atoms with Crippen LogP contribution in [0.3, 0.4) is 0 Å². The van der Waals surface area contributed by atoms with Gasteiger partial charge in [-0.15, -0.1) is 0 Å². The molecule has 0 radical (unpaired) electrons. The van der Waals surface area contributed by atoms with E-state index in [0.29, 0.717) is 23.8 Å². The van der Waals surface area contributed by atoms with Gasteiger partial charge in [-0.25, -0.2) is 8.42 Å². The molecule has 4 nitrogen and oxygen atoms in total. The van der Waals surface area contributed by atoms with E-state index in [2.05, 4.69) is 13.8 Å². The predicted octanol–water partition coefficient (Wildman–Crippen LogP) is 3.12. The number of piperidine rings is 1. The van der Waals surface area contributed by atoms with Crippen molar-refractivity contribution in [1.29, 1.82) is 0 Å². The molecule has 1 aliphatic rings. The van der Waals surface area contributed by atoms with Crippen LogP contribution in [0.25, 0.3) is 0 Å². The van der Waals surface area contributed by atoms with Crippen LogP contribution in [0, 0.1) is 5.41 Å². The lowest BCUT2D eigenvalue weighted by Crippen LogP contribution is -2.41. The van der Waals surface area contributed by atoms with Crippen molar-refractivity contribution in [2.45, 2.75) is 38.0 Å². The van der Waals surface area contributed by atoms with Gasteiger partial charge < -0.3 is 5.73 Å². The number of nitrogen functional groups attached to an aromatic ring is 1. The van der Waals surface area contributed by atoms with Crippen molar-refractivity contribution in [2.24, 2.45) is 5.41 Å². The van der Waals surface area contributed by atoms with Crippen LogP contribution in [-0.2, 0) is 10.0 Å². The van der Waals surface area contributed by atoms with Gasteiger partial charge in [0.1, 0.15) is 0 Å². The molecule has 0 atom stereocenters. The number of rotatable bonds is 3. The molecule has 1 aromatic carbocycles. The van der Waals surface area contributed by atoms with Crippen LogP contribution in [-0.4, -0.2) is 25.8 Å². The molecule has 20 heavy (non-hydrogen) atoms. The molecule has 0 amide bonds. The maximum absolute atomic E-state index is 12.6. The second-order valence-electron chi connectivity index (χ2n) is 5.75. The molecule has 1 fully saturated rings. The van der Waals surface area contributed by atoms with Crippen molar-refractivity contribution in [1.82, 2.24) is 4.31 Å². The number of nitrogens with two attached hydrogens (primary N) is 1. The molecule has 2 rings (SSSR count). The second kappa shape index (κ2) is 5.54. The molecule has 1 aliphatic heterocycles. The first-order valence-electron chi connectivity index (χ1n) is 6.84. The van der Waals surface area contributed by atoms with Crippen molar-refractivity contribution in [3.63, 3.8) is 0 Å². The molecule has 0 spiro atoms. The van der Waals surface area contributed by atoms with Crippen LogP contribution in [0.2, 0.25) is 5.02 Å². The largest absolute Gasteiger partial charge is 0.397 e. The Hall–Kier alpha value is -0.780. The molecule has 1 aromatic rings. The predicted molar refractivity (Wildman–Crippen MR) is 82.3 cm³/mol. The van der Waals surface area contributed by atoms with E-state index in [1.807, 2.05) is 0 Å². The molecule has 0 aliphatic carbocycles. The summed E-state index contributed by atoms with van der Waals surface area (Å²) in [5.74, 6) is 0. The summed E-state index contributed by atoms with van der Waals surface area (Å²) < 4.78 is 26.7. The Morgan fingerprint density at radius 2 is 1.95 bits per heavy atom. The second-order valence-corrected chi connectivity index (χ2v) is 8.10. The van der Waals surface area contributed by atoms with Gasteiger partial charge in [-0.05, 0) is 36.5 Å². The Morgan fingerprint density at radius 1 is 1.35 bits per heavy atom. The summed E-state index contributed by atoms with van der Waals surface area (Å²) in [6.07, 6.45) is 2.87. The van der Waals surface area contributed by atoms with Gasteiger partial charge in [0.2, 0.25) is 10.0 Å². The van der Waals surface area contributed by atoms with Crippen LogP contribution >= 0.6 is 11.6 Å². The van der Waals surface area contributed by atoms with E-state index in [0.717, 1.165) is 19.3 Å². The minimum absolute atomic E-state index is 0.222. The maximum atomic E-state index is 12.6. The summed E-state index contributed by atoms with van der Waals surface area (Å²) in [7, 11) is -3.47. The number of sulfonamides is 1. The van der Waals surface area contributed by atoms with E-state index < -0.39 is 10.0 Å². The molecule has 0 aromatic heterocycles. The lowest BCUT2D eigenvalue weighted by atomic mass is 9.79. The van der Waals surface area contributed by atoms with Crippen LogP contribution < -0.4 is 5.73 Å². The fraction of sp³-hybridized carbons (Fsp3) is 0.571. The van der Waals surface area contributed by atoms with E-state index in [1.54, 1.807) is 4.31 Å². The highest BCUT2D eigenvalue weighted by Gasteiger charge is 2.34. The zero-order valence-electron chi connectivity index (χ0n) is 11.9. The fourth-order valence-electron chi connectivity index (χ4n) is 2.45. The molecule has 0 bridgehead atoms. The molecule has 1 heterocycles.